The van der Waals surface area contributed by atoms with Crippen molar-refractivity contribution in [1.29, 1.82) is 0 Å². The van der Waals surface area contributed by atoms with Crippen LogP contribution in [-0.2, 0) is 13.0 Å². The summed E-state index contributed by atoms with van der Waals surface area (Å²) in [5, 5.41) is 2.06. The molecule has 3 heteroatoms. The van der Waals surface area contributed by atoms with Crippen LogP contribution in [-0.4, -0.2) is 20.6 Å². The Balaban J connectivity index is 1.97. The number of hydrogen-bond donors (Lipinski definition) is 1. The zero-order valence-corrected chi connectivity index (χ0v) is 12.1. The number of fused-ring (bicyclic) bond motifs is 3. The van der Waals surface area contributed by atoms with Gasteiger partial charge in [0.1, 0.15) is 0 Å². The minimum absolute atomic E-state index is 0.615. The zero-order valence-electron chi connectivity index (χ0n) is 11.2. The predicted molar refractivity (Wildman–Crippen MR) is 79.7 cm³/mol. The molecule has 0 saturated heterocycles. The molecule has 1 atom stereocenters. The first kappa shape index (κ1) is 12.1. The summed E-state index contributed by atoms with van der Waals surface area (Å²) in [5.41, 5.74) is 4.22. The molecular weight excluding hydrogens is 240 g/mol. The second-order valence-corrected chi connectivity index (χ2v) is 7.03. The van der Waals surface area contributed by atoms with Gasteiger partial charge >= 0.3 is 0 Å². The first-order chi connectivity index (χ1) is 8.65. The third-order valence-electron chi connectivity index (χ3n) is 3.55. The molecule has 2 heterocycles. The highest BCUT2D eigenvalue weighted by molar-refractivity contribution is 7.97. The highest BCUT2D eigenvalue weighted by Crippen LogP contribution is 2.34. The number of para-hydroxylation sites is 1. The number of benzene rings is 1. The summed E-state index contributed by atoms with van der Waals surface area (Å²) >= 11 is 1.97. The molecule has 96 valence electrons. The van der Waals surface area contributed by atoms with Gasteiger partial charge in [-0.25, -0.2) is 4.31 Å². The van der Waals surface area contributed by atoms with Gasteiger partial charge in [-0.3, -0.25) is 0 Å². The van der Waals surface area contributed by atoms with Gasteiger partial charge in [-0.2, -0.15) is 0 Å². The fraction of sp³-hybridized carbons (Fsp3) is 0.467. The summed E-state index contributed by atoms with van der Waals surface area (Å²) in [6.45, 7) is 7.89. The molecule has 1 aromatic carbocycles. The predicted octanol–water partition coefficient (Wildman–Crippen LogP) is 3.97. The molecule has 0 fully saturated rings. The van der Waals surface area contributed by atoms with Crippen molar-refractivity contribution in [2.24, 2.45) is 0 Å². The number of aromatic nitrogens is 1. The van der Waals surface area contributed by atoms with E-state index in [9.17, 15) is 0 Å². The Morgan fingerprint density at radius 2 is 2.11 bits per heavy atom. The van der Waals surface area contributed by atoms with E-state index in [4.69, 9.17) is 0 Å². The van der Waals surface area contributed by atoms with E-state index in [1.807, 2.05) is 11.9 Å². The number of rotatable bonds is 2. The summed E-state index contributed by atoms with van der Waals surface area (Å²) in [5.74, 6) is 0. The second-order valence-electron chi connectivity index (χ2n) is 5.41. The molecule has 1 aromatic heterocycles. The Bertz CT molecular complexity index is 559. The van der Waals surface area contributed by atoms with Gasteiger partial charge in [-0.1, -0.05) is 44.0 Å². The van der Waals surface area contributed by atoms with E-state index in [2.05, 4.69) is 54.3 Å². The van der Waals surface area contributed by atoms with Crippen LogP contribution in [0.3, 0.4) is 0 Å². The summed E-state index contributed by atoms with van der Waals surface area (Å²) in [7, 11) is 0. The fourth-order valence-electron chi connectivity index (χ4n) is 2.74. The Morgan fingerprint density at radius 3 is 2.89 bits per heavy atom. The second kappa shape index (κ2) is 4.63. The van der Waals surface area contributed by atoms with Crippen molar-refractivity contribution in [3.05, 3.63) is 35.5 Å². The first-order valence-corrected chi connectivity index (χ1v) is 7.50. The maximum Gasteiger partial charge on any atom is 0.0498 e. The molecule has 0 spiro atoms. The van der Waals surface area contributed by atoms with E-state index in [1.54, 1.807) is 0 Å². The van der Waals surface area contributed by atoms with Gasteiger partial charge in [-0.05, 0) is 25.0 Å². The molecule has 1 N–H and O–H groups in total. The molecule has 1 aliphatic heterocycles. The normalized spacial score (nSPS) is 20.6. The topological polar surface area (TPSA) is 19.0 Å². The van der Waals surface area contributed by atoms with Crippen molar-refractivity contribution in [3.63, 3.8) is 0 Å². The number of nitrogens with zero attached hydrogens (tertiary/aromatic N) is 1. The minimum atomic E-state index is 0.615. The van der Waals surface area contributed by atoms with Gasteiger partial charge in [0.25, 0.3) is 0 Å². The molecule has 0 unspecified atom stereocenters. The van der Waals surface area contributed by atoms with E-state index in [-0.39, 0.29) is 0 Å². The average molecular weight is 260 g/mol. The average Bonchev–Trinajstić information content (AvgIpc) is 2.67. The molecular formula is C15H20N2S. The van der Waals surface area contributed by atoms with E-state index in [0.29, 0.717) is 11.3 Å². The van der Waals surface area contributed by atoms with Gasteiger partial charge in [0, 0.05) is 34.4 Å². The van der Waals surface area contributed by atoms with Gasteiger partial charge in [0.05, 0.1) is 0 Å². The van der Waals surface area contributed by atoms with Gasteiger partial charge < -0.3 is 4.98 Å². The monoisotopic (exact) mass is 260 g/mol. The van der Waals surface area contributed by atoms with E-state index < -0.39 is 0 Å². The van der Waals surface area contributed by atoms with E-state index >= 15 is 0 Å². The minimum Gasteiger partial charge on any atom is -0.357 e. The van der Waals surface area contributed by atoms with Crippen LogP contribution in [0.15, 0.2) is 24.3 Å². The van der Waals surface area contributed by atoms with Gasteiger partial charge in [0.15, 0.2) is 0 Å². The molecule has 2 nitrogen and oxygen atoms in total. The summed E-state index contributed by atoms with van der Waals surface area (Å²) in [4.78, 5) is 3.58. The fourth-order valence-corrected chi connectivity index (χ4v) is 3.77. The van der Waals surface area contributed by atoms with Gasteiger partial charge in [-0.15, -0.1) is 0 Å². The highest BCUT2D eigenvalue weighted by atomic mass is 32.2. The lowest BCUT2D eigenvalue weighted by Crippen LogP contribution is -2.34. The standard InChI is InChI=1S/C15H20N2S/c1-10(2)18-17-9-15-13(8-11(17)3)12-6-4-5-7-14(12)16-15/h4-7,10-11,16H,8-9H2,1-3H3/t11-/m1/s1. The molecule has 3 rings (SSSR count). The Kier molecular flexibility index (Phi) is 3.12. The summed E-state index contributed by atoms with van der Waals surface area (Å²) in [6.07, 6.45) is 1.15. The molecule has 2 aromatic rings. The molecule has 1 aliphatic rings. The lowest BCUT2D eigenvalue weighted by atomic mass is 10.00. The van der Waals surface area contributed by atoms with Crippen LogP contribution >= 0.6 is 11.9 Å². The van der Waals surface area contributed by atoms with Crippen LogP contribution in [0.4, 0.5) is 0 Å². The highest BCUT2D eigenvalue weighted by Gasteiger charge is 2.26. The lowest BCUT2D eigenvalue weighted by molar-refractivity contribution is 0.339. The van der Waals surface area contributed by atoms with Crippen LogP contribution < -0.4 is 0 Å². The number of nitrogens with one attached hydrogen (secondary N) is 1. The summed E-state index contributed by atoms with van der Waals surface area (Å²) < 4.78 is 2.52. The van der Waals surface area contributed by atoms with Crippen LogP contribution in [0.1, 0.15) is 32.0 Å². The largest absolute Gasteiger partial charge is 0.357 e. The Labute approximate surface area is 113 Å². The van der Waals surface area contributed by atoms with Gasteiger partial charge in [0.2, 0.25) is 0 Å². The quantitative estimate of drug-likeness (QED) is 0.824. The molecule has 0 aliphatic carbocycles. The van der Waals surface area contributed by atoms with Crippen molar-refractivity contribution in [3.8, 4) is 0 Å². The number of H-pyrrole nitrogens is 1. The number of aromatic amines is 1. The lowest BCUT2D eigenvalue weighted by Gasteiger charge is -2.33. The van der Waals surface area contributed by atoms with Crippen LogP contribution in [0, 0.1) is 0 Å². The Morgan fingerprint density at radius 1 is 1.33 bits per heavy atom. The maximum absolute atomic E-state index is 3.58. The van der Waals surface area contributed by atoms with Crippen molar-refractivity contribution in [1.82, 2.24) is 9.29 Å². The molecule has 0 saturated carbocycles. The smallest absolute Gasteiger partial charge is 0.0498 e. The van der Waals surface area contributed by atoms with Crippen molar-refractivity contribution >= 4 is 22.9 Å². The molecule has 0 radical (unpaired) electrons. The maximum atomic E-state index is 3.58. The first-order valence-electron chi connectivity index (χ1n) is 6.67. The van der Waals surface area contributed by atoms with Crippen molar-refractivity contribution in [2.45, 2.75) is 45.0 Å². The number of hydrogen-bond acceptors (Lipinski definition) is 2. The SMILES string of the molecule is CC(C)SN1Cc2[nH]c3ccccc3c2C[C@H]1C. The molecule has 0 amide bonds. The van der Waals surface area contributed by atoms with Crippen LogP contribution in [0.25, 0.3) is 10.9 Å². The van der Waals surface area contributed by atoms with Crippen molar-refractivity contribution in [2.75, 3.05) is 0 Å². The van der Waals surface area contributed by atoms with Crippen molar-refractivity contribution < 1.29 is 0 Å². The van der Waals surface area contributed by atoms with E-state index in [1.165, 1.54) is 22.2 Å². The third-order valence-corrected chi connectivity index (χ3v) is 4.73. The Hall–Kier alpha value is -0.930. The zero-order chi connectivity index (χ0) is 12.7. The third kappa shape index (κ3) is 2.06. The van der Waals surface area contributed by atoms with Crippen LogP contribution in [0.5, 0.6) is 0 Å². The molecule has 18 heavy (non-hydrogen) atoms. The molecule has 0 bridgehead atoms. The van der Waals surface area contributed by atoms with Crippen LogP contribution in [0.2, 0.25) is 0 Å². The van der Waals surface area contributed by atoms with E-state index in [0.717, 1.165) is 13.0 Å². The summed E-state index contributed by atoms with van der Waals surface area (Å²) in [6, 6.07) is 9.27.